The predicted octanol–water partition coefficient (Wildman–Crippen LogP) is 10.2. The van der Waals surface area contributed by atoms with Gasteiger partial charge in [-0.2, -0.15) is 57.1 Å². The van der Waals surface area contributed by atoms with Crippen molar-refractivity contribution in [2.75, 3.05) is 24.4 Å². The number of halogens is 14. The highest BCUT2D eigenvalue weighted by atomic mass is 127. The third kappa shape index (κ3) is 11.2. The molecule has 1 saturated heterocycles. The molecule has 1 aromatic rings. The van der Waals surface area contributed by atoms with E-state index in [2.05, 4.69) is 22.6 Å². The van der Waals surface area contributed by atoms with Gasteiger partial charge in [0, 0.05) is 17.5 Å². The summed E-state index contributed by atoms with van der Waals surface area (Å²) in [6.07, 6.45) is -7.34. The summed E-state index contributed by atoms with van der Waals surface area (Å²) in [6.45, 7) is 7.05. The topological polar surface area (TPSA) is 55.4 Å². The van der Waals surface area contributed by atoms with Crippen molar-refractivity contribution in [3.63, 3.8) is 0 Å². The molecule has 6 nitrogen and oxygen atoms in total. The molecule has 0 spiro atoms. The minimum absolute atomic E-state index is 0.0169. The maximum Gasteiger partial charge on any atom is 0.460 e. The zero-order valence-electron chi connectivity index (χ0n) is 28.4. The molecule has 1 fully saturated rings. The van der Waals surface area contributed by atoms with Gasteiger partial charge in [0.05, 0.1) is 25.4 Å². The Morgan fingerprint density at radius 1 is 0.846 bits per heavy atom. The van der Waals surface area contributed by atoms with Crippen LogP contribution in [0.1, 0.15) is 58.9 Å². The van der Waals surface area contributed by atoms with Gasteiger partial charge < -0.3 is 28.4 Å². The first-order valence-corrected chi connectivity index (χ1v) is 17.4. The van der Waals surface area contributed by atoms with Crippen LogP contribution in [0.3, 0.4) is 0 Å². The lowest BCUT2D eigenvalue weighted by atomic mass is 9.92. The second-order valence-electron chi connectivity index (χ2n) is 12.2. The van der Waals surface area contributed by atoms with Crippen LogP contribution >= 0.6 is 22.6 Å². The summed E-state index contributed by atoms with van der Waals surface area (Å²) in [5.74, 6) is -37.7. The van der Waals surface area contributed by atoms with E-state index in [1.807, 2.05) is 39.8 Å². The molecule has 20 heteroatoms. The molecule has 1 aliphatic heterocycles. The minimum Gasteiger partial charge on any atom is -0.494 e. The molecule has 1 aliphatic rings. The first-order chi connectivity index (χ1) is 23.8. The highest BCUT2D eigenvalue weighted by Gasteiger charge is 2.90. The van der Waals surface area contributed by atoms with Crippen molar-refractivity contribution in [3.05, 3.63) is 42.0 Å². The van der Waals surface area contributed by atoms with E-state index >= 15 is 0 Å². The molecule has 52 heavy (non-hydrogen) atoms. The molecule has 0 bridgehead atoms. The average Bonchev–Trinajstić information content (AvgIpc) is 3.34. The van der Waals surface area contributed by atoms with E-state index in [-0.39, 0.29) is 37.5 Å². The fourth-order valence-electron chi connectivity index (χ4n) is 4.78. The van der Waals surface area contributed by atoms with E-state index in [1.54, 1.807) is 0 Å². The zero-order chi connectivity index (χ0) is 39.8. The first-order valence-electron chi connectivity index (χ1n) is 15.8. The first kappa shape index (κ1) is 46.5. The Hall–Kier alpha value is -1.62. The smallest absolute Gasteiger partial charge is 0.460 e. The monoisotopic (exact) mass is 894 g/mol. The van der Waals surface area contributed by atoms with E-state index in [4.69, 9.17) is 28.4 Å². The molecular weight excluding hydrogens is 854 g/mol. The van der Waals surface area contributed by atoms with Gasteiger partial charge >= 0.3 is 35.8 Å². The van der Waals surface area contributed by atoms with E-state index < -0.39 is 67.1 Å². The van der Waals surface area contributed by atoms with Gasteiger partial charge in [-0.15, -0.1) is 0 Å². The Kier molecular flexibility index (Phi) is 16.4. The van der Waals surface area contributed by atoms with Crippen LogP contribution in [0.25, 0.3) is 0 Å². The number of ether oxygens (including phenoxy) is 6. The molecule has 0 radical (unpaired) electrons. The molecule has 0 amide bonds. The molecular formula is C32H40F13IO6. The summed E-state index contributed by atoms with van der Waals surface area (Å²) in [5.41, 5.74) is 0.617. The minimum atomic E-state index is -7.92. The molecule has 1 unspecified atom stereocenters. The molecule has 0 aliphatic carbocycles. The van der Waals surface area contributed by atoms with E-state index in [0.717, 1.165) is 10.8 Å². The Balaban J connectivity index is 1.90. The molecule has 1 aromatic carbocycles. The van der Waals surface area contributed by atoms with Crippen molar-refractivity contribution >= 4 is 22.6 Å². The van der Waals surface area contributed by atoms with Crippen LogP contribution in [-0.4, -0.2) is 90.4 Å². The third-order valence-corrected chi connectivity index (χ3v) is 8.26. The standard InChI is InChI=1S/C32H40F13IO6/c1-5-47-19-50-23(25-24(14-16-46)51-26(3,4)52-25)9-6-8-20(2)49-18-21-10-12-22(13-11-21)48-17-7-15-27(33,34)28(35,36)29(37,38)30(39,40)31(41,42)32(43,44)45/h6,9-13,20,23-25H,5,7-8,14-19H2,1-4H3/b9-6-/t20-,23?,24+,25-/m1/s1. The van der Waals surface area contributed by atoms with Gasteiger partial charge in [-0.05, 0) is 64.7 Å². The second-order valence-corrected chi connectivity index (χ2v) is 13.3. The Bertz CT molecular complexity index is 1260. The van der Waals surface area contributed by atoms with Crippen molar-refractivity contribution in [2.24, 2.45) is 0 Å². The Morgan fingerprint density at radius 3 is 2.00 bits per heavy atom. The van der Waals surface area contributed by atoms with E-state index in [9.17, 15) is 57.1 Å². The molecule has 1 heterocycles. The van der Waals surface area contributed by atoms with Crippen LogP contribution in [0, 0.1) is 0 Å². The molecule has 0 saturated carbocycles. The summed E-state index contributed by atoms with van der Waals surface area (Å²) in [6, 6.07) is 5.63. The zero-order valence-corrected chi connectivity index (χ0v) is 30.5. The van der Waals surface area contributed by atoms with Crippen LogP contribution in [0.2, 0.25) is 0 Å². The van der Waals surface area contributed by atoms with E-state index in [1.165, 1.54) is 24.3 Å². The van der Waals surface area contributed by atoms with E-state index in [0.29, 0.717) is 18.6 Å². The van der Waals surface area contributed by atoms with Crippen LogP contribution in [0.4, 0.5) is 57.1 Å². The van der Waals surface area contributed by atoms with Crippen molar-refractivity contribution in [3.8, 4) is 5.75 Å². The maximum atomic E-state index is 14.0. The van der Waals surface area contributed by atoms with Crippen LogP contribution < -0.4 is 4.74 Å². The van der Waals surface area contributed by atoms with Gasteiger partial charge in [0.15, 0.2) is 5.79 Å². The average molecular weight is 895 g/mol. The summed E-state index contributed by atoms with van der Waals surface area (Å²) in [7, 11) is 0. The van der Waals surface area contributed by atoms with Gasteiger partial charge in [-0.25, -0.2) is 0 Å². The van der Waals surface area contributed by atoms with Crippen LogP contribution in [-0.2, 0) is 30.3 Å². The summed E-state index contributed by atoms with van der Waals surface area (Å²) >= 11 is 2.26. The number of rotatable bonds is 22. The van der Waals surface area contributed by atoms with Crippen LogP contribution in [0.15, 0.2) is 36.4 Å². The van der Waals surface area contributed by atoms with Crippen molar-refractivity contribution in [2.45, 2.75) is 126 Å². The second kappa shape index (κ2) is 18.3. The van der Waals surface area contributed by atoms with Crippen molar-refractivity contribution in [1.82, 2.24) is 0 Å². The fourth-order valence-corrected chi connectivity index (χ4v) is 5.39. The molecule has 2 rings (SSSR count). The number of benzene rings is 1. The summed E-state index contributed by atoms with van der Waals surface area (Å²) in [5, 5.41) is 0. The predicted molar refractivity (Wildman–Crippen MR) is 169 cm³/mol. The highest BCUT2D eigenvalue weighted by Crippen LogP contribution is 2.60. The lowest BCUT2D eigenvalue weighted by Gasteiger charge is -2.39. The molecule has 4 atom stereocenters. The number of hydrogen-bond donors (Lipinski definition) is 0. The maximum absolute atomic E-state index is 14.0. The lowest BCUT2D eigenvalue weighted by Crippen LogP contribution is -2.70. The molecule has 302 valence electrons. The SMILES string of the molecule is CCOCOC(/C=C\C[C@@H](C)OCc1ccc(OCCCC(F)(F)C(F)(F)C(F)(F)C(F)(F)C(F)(F)C(F)(F)F)cc1)[C@H]1OC(C)(C)O[C@H]1CCI. The van der Waals surface area contributed by atoms with Gasteiger partial charge in [-0.1, -0.05) is 46.9 Å². The Labute approximate surface area is 305 Å². The summed E-state index contributed by atoms with van der Waals surface area (Å²) < 4.78 is 208. The normalized spacial score (nSPS) is 20.4. The third-order valence-electron chi connectivity index (χ3n) is 7.64. The highest BCUT2D eigenvalue weighted by molar-refractivity contribution is 14.1. The largest absolute Gasteiger partial charge is 0.494 e. The van der Waals surface area contributed by atoms with Crippen LogP contribution in [0.5, 0.6) is 5.75 Å². The number of hydrogen-bond acceptors (Lipinski definition) is 6. The lowest BCUT2D eigenvalue weighted by molar-refractivity contribution is -0.440. The quantitative estimate of drug-likeness (QED) is 0.0289. The summed E-state index contributed by atoms with van der Waals surface area (Å²) in [4.78, 5) is 0. The van der Waals surface area contributed by atoms with Gasteiger partial charge in [-0.3, -0.25) is 0 Å². The van der Waals surface area contributed by atoms with Crippen molar-refractivity contribution in [1.29, 1.82) is 0 Å². The van der Waals surface area contributed by atoms with Gasteiger partial charge in [0.2, 0.25) is 0 Å². The molecule has 0 N–H and O–H groups in total. The number of alkyl halides is 14. The van der Waals surface area contributed by atoms with Gasteiger partial charge in [0.25, 0.3) is 0 Å². The van der Waals surface area contributed by atoms with Gasteiger partial charge in [0.1, 0.15) is 24.8 Å². The van der Waals surface area contributed by atoms with Crippen molar-refractivity contribution < 1.29 is 85.5 Å². The fraction of sp³-hybridized carbons (Fsp3) is 0.750. The Morgan fingerprint density at radius 2 is 1.44 bits per heavy atom. The molecule has 0 aromatic heterocycles.